The minimum atomic E-state index is -0.318. The van der Waals surface area contributed by atoms with Gasteiger partial charge in [-0.15, -0.1) is 0 Å². The summed E-state index contributed by atoms with van der Waals surface area (Å²) in [7, 11) is 0. The zero-order valence-electron chi connectivity index (χ0n) is 13.7. The molecule has 2 aliphatic carbocycles. The molecule has 2 aromatic carbocycles. The highest BCUT2D eigenvalue weighted by atomic mass is 35.5. The lowest BCUT2D eigenvalue weighted by atomic mass is 9.64. The van der Waals surface area contributed by atoms with Crippen molar-refractivity contribution in [2.75, 3.05) is 0 Å². The van der Waals surface area contributed by atoms with Crippen LogP contribution in [0, 0.1) is 23.6 Å². The van der Waals surface area contributed by atoms with Crippen LogP contribution in [0.4, 0.5) is 4.39 Å². The zero-order valence-corrected chi connectivity index (χ0v) is 14.5. The molecule has 0 bridgehead atoms. The summed E-state index contributed by atoms with van der Waals surface area (Å²) >= 11 is 5.89. The first kappa shape index (κ1) is 15.4. The van der Waals surface area contributed by atoms with E-state index in [-0.39, 0.29) is 10.8 Å². The van der Waals surface area contributed by atoms with Crippen molar-refractivity contribution < 1.29 is 4.39 Å². The average Bonchev–Trinajstić information content (AvgIpc) is 2.55. The van der Waals surface area contributed by atoms with Gasteiger partial charge in [0.2, 0.25) is 0 Å². The number of rotatable bonds is 1. The van der Waals surface area contributed by atoms with Crippen LogP contribution in [-0.2, 0) is 0 Å². The Balaban J connectivity index is 1.58. The van der Waals surface area contributed by atoms with Crippen LogP contribution in [0.1, 0.15) is 56.9 Å². The number of hydrogen-bond acceptors (Lipinski definition) is 0. The van der Waals surface area contributed by atoms with Gasteiger partial charge >= 0.3 is 0 Å². The lowest BCUT2D eigenvalue weighted by Gasteiger charge is -2.41. The van der Waals surface area contributed by atoms with Crippen molar-refractivity contribution in [3.63, 3.8) is 0 Å². The average molecular weight is 331 g/mol. The molecule has 0 amide bonds. The Hall–Kier alpha value is -1.08. The summed E-state index contributed by atoms with van der Waals surface area (Å²) in [5.41, 5.74) is 1.39. The standard InChI is InChI=1S/C21H24ClF/c1-13-2-3-15-9-16(5-4-14(15)8-13)17-6-7-18-11-20(22)21(23)12-19(18)10-17/h6-7,10-16H,2-5,8-9H2,1H3. The molecule has 0 radical (unpaired) electrons. The van der Waals surface area contributed by atoms with E-state index in [1.807, 2.05) is 0 Å². The SMILES string of the molecule is CC1CCC2CC(c3ccc4cc(Cl)c(F)cc4c3)CCC2C1. The molecule has 4 unspecified atom stereocenters. The number of hydrogen-bond donors (Lipinski definition) is 0. The summed E-state index contributed by atoms with van der Waals surface area (Å²) in [6.45, 7) is 2.41. The second-order valence-corrected chi connectivity index (χ2v) is 8.23. The molecule has 0 nitrogen and oxygen atoms in total. The van der Waals surface area contributed by atoms with Crippen LogP contribution in [0.2, 0.25) is 5.02 Å². The van der Waals surface area contributed by atoms with Gasteiger partial charge in [-0.2, -0.15) is 0 Å². The largest absolute Gasteiger partial charge is 0.205 e. The van der Waals surface area contributed by atoms with Crippen LogP contribution >= 0.6 is 11.6 Å². The fraction of sp³-hybridized carbons (Fsp3) is 0.524. The van der Waals surface area contributed by atoms with Gasteiger partial charge in [0.25, 0.3) is 0 Å². The van der Waals surface area contributed by atoms with Gasteiger partial charge in [0, 0.05) is 0 Å². The van der Waals surface area contributed by atoms with Crippen molar-refractivity contribution in [2.45, 2.75) is 51.4 Å². The summed E-state index contributed by atoms with van der Waals surface area (Å²) in [5, 5.41) is 2.21. The first-order chi connectivity index (χ1) is 11.1. The van der Waals surface area contributed by atoms with Crippen molar-refractivity contribution in [2.24, 2.45) is 17.8 Å². The van der Waals surface area contributed by atoms with E-state index in [4.69, 9.17) is 11.6 Å². The molecular weight excluding hydrogens is 307 g/mol. The maximum Gasteiger partial charge on any atom is 0.142 e. The van der Waals surface area contributed by atoms with E-state index in [0.29, 0.717) is 5.92 Å². The second-order valence-electron chi connectivity index (χ2n) is 7.82. The molecule has 4 rings (SSSR count). The molecule has 0 heterocycles. The van der Waals surface area contributed by atoms with Gasteiger partial charge in [-0.05, 0) is 84.2 Å². The van der Waals surface area contributed by atoms with Gasteiger partial charge in [0.15, 0.2) is 0 Å². The summed E-state index contributed by atoms with van der Waals surface area (Å²) in [5.74, 6) is 3.10. The van der Waals surface area contributed by atoms with Crippen molar-refractivity contribution in [1.82, 2.24) is 0 Å². The summed E-state index contributed by atoms with van der Waals surface area (Å²) in [4.78, 5) is 0. The third kappa shape index (κ3) is 3.01. The van der Waals surface area contributed by atoms with Crippen molar-refractivity contribution in [3.8, 4) is 0 Å². The van der Waals surface area contributed by atoms with E-state index >= 15 is 0 Å². The normalized spacial score (nSPS) is 31.1. The predicted molar refractivity (Wildman–Crippen MR) is 95.5 cm³/mol. The highest BCUT2D eigenvalue weighted by molar-refractivity contribution is 6.31. The minimum Gasteiger partial charge on any atom is -0.205 e. The maximum atomic E-state index is 13.7. The van der Waals surface area contributed by atoms with Gasteiger partial charge in [0.05, 0.1) is 5.02 Å². The lowest BCUT2D eigenvalue weighted by molar-refractivity contribution is 0.124. The first-order valence-corrected chi connectivity index (χ1v) is 9.36. The Morgan fingerprint density at radius 1 is 0.913 bits per heavy atom. The van der Waals surface area contributed by atoms with E-state index in [2.05, 4.69) is 25.1 Å². The molecule has 0 aliphatic heterocycles. The number of halogens is 2. The second kappa shape index (κ2) is 6.09. The summed E-state index contributed by atoms with van der Waals surface area (Å²) < 4.78 is 13.7. The maximum absolute atomic E-state index is 13.7. The van der Waals surface area contributed by atoms with Crippen LogP contribution in [0.5, 0.6) is 0 Å². The van der Waals surface area contributed by atoms with Gasteiger partial charge in [0.1, 0.15) is 5.82 Å². The molecule has 2 heteroatoms. The number of fused-ring (bicyclic) bond motifs is 2. The molecule has 2 saturated carbocycles. The Bertz CT molecular complexity index is 723. The van der Waals surface area contributed by atoms with Crippen LogP contribution < -0.4 is 0 Å². The minimum absolute atomic E-state index is 0.210. The van der Waals surface area contributed by atoms with Gasteiger partial charge in [-0.3, -0.25) is 0 Å². The van der Waals surface area contributed by atoms with Crippen molar-refractivity contribution >= 4 is 22.4 Å². The fourth-order valence-corrected chi connectivity index (χ4v) is 5.11. The molecular formula is C21H24ClF. The van der Waals surface area contributed by atoms with Gasteiger partial charge in [-0.25, -0.2) is 4.39 Å². The highest BCUT2D eigenvalue weighted by Gasteiger charge is 2.34. The molecule has 0 aromatic heterocycles. The zero-order chi connectivity index (χ0) is 16.0. The smallest absolute Gasteiger partial charge is 0.142 e. The Morgan fingerprint density at radius 3 is 2.57 bits per heavy atom. The third-order valence-electron chi connectivity index (χ3n) is 6.25. The molecule has 2 fully saturated rings. The van der Waals surface area contributed by atoms with Gasteiger partial charge < -0.3 is 0 Å². The monoisotopic (exact) mass is 330 g/mol. The molecule has 4 atom stereocenters. The van der Waals surface area contributed by atoms with Crippen LogP contribution in [0.25, 0.3) is 10.8 Å². The van der Waals surface area contributed by atoms with E-state index < -0.39 is 0 Å². The van der Waals surface area contributed by atoms with E-state index in [1.54, 1.807) is 12.1 Å². The Morgan fingerprint density at radius 2 is 1.70 bits per heavy atom. The topological polar surface area (TPSA) is 0 Å². The quantitative estimate of drug-likeness (QED) is 0.530. The summed E-state index contributed by atoms with van der Waals surface area (Å²) in [6, 6.07) is 9.83. The predicted octanol–water partition coefficient (Wildman–Crippen LogP) is 6.95. The molecule has 0 saturated heterocycles. The molecule has 2 aliphatic rings. The third-order valence-corrected chi connectivity index (χ3v) is 6.54. The van der Waals surface area contributed by atoms with Gasteiger partial charge in [-0.1, -0.05) is 43.1 Å². The Labute approximate surface area is 143 Å². The molecule has 0 N–H and O–H groups in total. The number of benzene rings is 2. The Kier molecular flexibility index (Phi) is 4.09. The van der Waals surface area contributed by atoms with Crippen molar-refractivity contribution in [3.05, 3.63) is 46.7 Å². The lowest BCUT2D eigenvalue weighted by Crippen LogP contribution is -2.29. The molecule has 0 spiro atoms. The highest BCUT2D eigenvalue weighted by Crippen LogP contribution is 2.47. The fourth-order valence-electron chi connectivity index (χ4n) is 4.94. The first-order valence-electron chi connectivity index (χ1n) is 8.99. The van der Waals surface area contributed by atoms with E-state index in [1.165, 1.54) is 44.1 Å². The van der Waals surface area contributed by atoms with E-state index in [0.717, 1.165) is 28.5 Å². The summed E-state index contributed by atoms with van der Waals surface area (Å²) in [6.07, 6.45) is 8.20. The van der Waals surface area contributed by atoms with Crippen LogP contribution in [0.15, 0.2) is 30.3 Å². The van der Waals surface area contributed by atoms with Crippen LogP contribution in [-0.4, -0.2) is 0 Å². The van der Waals surface area contributed by atoms with E-state index in [9.17, 15) is 4.39 Å². The molecule has 23 heavy (non-hydrogen) atoms. The van der Waals surface area contributed by atoms with Crippen molar-refractivity contribution in [1.29, 1.82) is 0 Å². The molecule has 122 valence electrons. The van der Waals surface area contributed by atoms with Crippen LogP contribution in [0.3, 0.4) is 0 Å². The molecule has 2 aromatic rings.